The lowest BCUT2D eigenvalue weighted by atomic mass is 10.1. The van der Waals surface area contributed by atoms with Gasteiger partial charge in [0.15, 0.2) is 0 Å². The smallest absolute Gasteiger partial charge is 0.323 e. The van der Waals surface area contributed by atoms with E-state index in [-0.39, 0.29) is 5.75 Å². The second-order valence-electron chi connectivity index (χ2n) is 5.42. The minimum atomic E-state index is -3.41. The Kier molecular flexibility index (Phi) is 11.6. The van der Waals surface area contributed by atoms with E-state index in [1.54, 1.807) is 0 Å². The molecule has 126 valence electrons. The van der Waals surface area contributed by atoms with E-state index < -0.39 is 22.0 Å². The van der Waals surface area contributed by atoms with E-state index in [1.165, 1.54) is 20.0 Å². The average Bonchev–Trinajstić information content (AvgIpc) is 2.46. The van der Waals surface area contributed by atoms with Crippen molar-refractivity contribution >= 4 is 16.0 Å². The van der Waals surface area contributed by atoms with Gasteiger partial charge in [0, 0.05) is 0 Å². The molecule has 0 saturated carbocycles. The molecule has 21 heavy (non-hydrogen) atoms. The quantitative estimate of drug-likeness (QED) is 0.418. The molecule has 0 spiro atoms. The molecule has 5 nitrogen and oxygen atoms in total. The van der Waals surface area contributed by atoms with Crippen LogP contribution >= 0.6 is 0 Å². The number of ether oxygens (including phenoxy) is 1. The van der Waals surface area contributed by atoms with Gasteiger partial charge in [-0.25, -0.2) is 13.1 Å². The molecule has 1 atom stereocenters. The molecule has 0 heterocycles. The summed E-state index contributed by atoms with van der Waals surface area (Å²) in [4.78, 5) is 11.6. The maximum Gasteiger partial charge on any atom is 0.323 e. The molecule has 1 N–H and O–H groups in total. The van der Waals surface area contributed by atoms with Crippen LogP contribution in [0.3, 0.4) is 0 Å². The van der Waals surface area contributed by atoms with E-state index >= 15 is 0 Å². The second kappa shape index (κ2) is 12.0. The third-order valence-corrected chi connectivity index (χ3v) is 4.89. The molecule has 0 fully saturated rings. The Bertz CT molecular complexity index is 368. The molecule has 0 aromatic carbocycles. The van der Waals surface area contributed by atoms with Gasteiger partial charge < -0.3 is 4.74 Å². The van der Waals surface area contributed by atoms with Crippen molar-refractivity contribution in [3.05, 3.63) is 0 Å². The molecule has 0 aromatic heterocycles. The van der Waals surface area contributed by atoms with Crippen molar-refractivity contribution < 1.29 is 17.9 Å². The molecule has 0 rings (SSSR count). The first-order chi connectivity index (χ1) is 9.96. The lowest BCUT2D eigenvalue weighted by molar-refractivity contribution is -0.142. The Hall–Kier alpha value is -0.620. The fourth-order valence-corrected chi connectivity index (χ4v) is 3.47. The predicted octanol–water partition coefficient (Wildman–Crippen LogP) is 3.00. The van der Waals surface area contributed by atoms with Crippen LogP contribution in [0.25, 0.3) is 0 Å². The topological polar surface area (TPSA) is 72.5 Å². The highest BCUT2D eigenvalue weighted by molar-refractivity contribution is 7.89. The summed E-state index contributed by atoms with van der Waals surface area (Å²) in [5, 5.41) is 0. The standard InChI is InChI=1S/C15H31NO4S/c1-4-6-8-9-10-11-13-21(18,19)16-14(12-7-5-2)15(17)20-3/h14,16H,4-13H2,1-3H3. The normalized spacial score (nSPS) is 13.1. The fraction of sp³-hybridized carbons (Fsp3) is 0.933. The first-order valence-electron chi connectivity index (χ1n) is 8.04. The summed E-state index contributed by atoms with van der Waals surface area (Å²) in [6.45, 7) is 4.15. The van der Waals surface area contributed by atoms with Crippen molar-refractivity contribution in [3.63, 3.8) is 0 Å². The van der Waals surface area contributed by atoms with Crippen LogP contribution in [0.5, 0.6) is 0 Å². The summed E-state index contributed by atoms with van der Waals surface area (Å²) in [5.41, 5.74) is 0. The minimum Gasteiger partial charge on any atom is -0.468 e. The first-order valence-corrected chi connectivity index (χ1v) is 9.69. The van der Waals surface area contributed by atoms with Gasteiger partial charge in [0.2, 0.25) is 10.0 Å². The molecule has 0 bridgehead atoms. The fourth-order valence-electron chi connectivity index (χ4n) is 2.12. The van der Waals surface area contributed by atoms with Crippen LogP contribution in [-0.2, 0) is 19.6 Å². The maximum absolute atomic E-state index is 12.0. The Morgan fingerprint density at radius 2 is 1.57 bits per heavy atom. The van der Waals surface area contributed by atoms with Crippen LogP contribution in [-0.4, -0.2) is 33.3 Å². The van der Waals surface area contributed by atoms with Crippen molar-refractivity contribution in [1.82, 2.24) is 4.72 Å². The van der Waals surface area contributed by atoms with Crippen LogP contribution in [0.1, 0.15) is 71.6 Å². The lowest BCUT2D eigenvalue weighted by Gasteiger charge is -2.16. The van der Waals surface area contributed by atoms with Crippen LogP contribution in [0.2, 0.25) is 0 Å². The Morgan fingerprint density at radius 3 is 2.14 bits per heavy atom. The number of hydrogen-bond donors (Lipinski definition) is 1. The van der Waals surface area contributed by atoms with Gasteiger partial charge in [-0.3, -0.25) is 4.79 Å². The van der Waals surface area contributed by atoms with Gasteiger partial charge in [-0.05, 0) is 12.8 Å². The van der Waals surface area contributed by atoms with Crippen LogP contribution in [0, 0.1) is 0 Å². The molecule has 0 amide bonds. The van der Waals surface area contributed by atoms with Gasteiger partial charge in [0.25, 0.3) is 0 Å². The Labute approximate surface area is 129 Å². The predicted molar refractivity (Wildman–Crippen MR) is 85.6 cm³/mol. The number of esters is 1. The highest BCUT2D eigenvalue weighted by atomic mass is 32.2. The van der Waals surface area contributed by atoms with Crippen molar-refractivity contribution in [1.29, 1.82) is 0 Å². The summed E-state index contributed by atoms with van der Waals surface area (Å²) in [6.07, 6.45) is 8.35. The molecule has 0 radical (unpaired) electrons. The van der Waals surface area contributed by atoms with Crippen molar-refractivity contribution in [2.45, 2.75) is 77.7 Å². The Balaban J connectivity index is 4.17. The van der Waals surface area contributed by atoms with Gasteiger partial charge in [-0.2, -0.15) is 0 Å². The number of unbranched alkanes of at least 4 members (excludes halogenated alkanes) is 6. The molecule has 0 aliphatic rings. The lowest BCUT2D eigenvalue weighted by Crippen LogP contribution is -2.42. The van der Waals surface area contributed by atoms with Crippen LogP contribution in [0.4, 0.5) is 0 Å². The Morgan fingerprint density at radius 1 is 1.00 bits per heavy atom. The molecule has 0 aliphatic heterocycles. The molecule has 0 aromatic rings. The summed E-state index contributed by atoms with van der Waals surface area (Å²) in [6, 6.07) is -0.750. The third-order valence-electron chi connectivity index (χ3n) is 3.42. The molecule has 6 heteroatoms. The van der Waals surface area contributed by atoms with E-state index in [0.717, 1.165) is 32.1 Å². The molecular formula is C15H31NO4S. The number of nitrogens with one attached hydrogen (secondary N) is 1. The average molecular weight is 321 g/mol. The van der Waals surface area contributed by atoms with E-state index in [9.17, 15) is 13.2 Å². The first kappa shape index (κ1) is 20.4. The van der Waals surface area contributed by atoms with E-state index in [0.29, 0.717) is 12.8 Å². The highest BCUT2D eigenvalue weighted by Gasteiger charge is 2.24. The van der Waals surface area contributed by atoms with E-state index in [1.807, 2.05) is 6.92 Å². The molecular weight excluding hydrogens is 290 g/mol. The van der Waals surface area contributed by atoms with Crippen LogP contribution < -0.4 is 4.72 Å². The highest BCUT2D eigenvalue weighted by Crippen LogP contribution is 2.08. The summed E-state index contributed by atoms with van der Waals surface area (Å²) >= 11 is 0. The van der Waals surface area contributed by atoms with Crippen LogP contribution in [0.15, 0.2) is 0 Å². The zero-order chi connectivity index (χ0) is 16.1. The maximum atomic E-state index is 12.0. The molecule has 0 aliphatic carbocycles. The summed E-state index contributed by atoms with van der Waals surface area (Å²) in [5.74, 6) is -0.423. The number of hydrogen-bond acceptors (Lipinski definition) is 4. The number of sulfonamides is 1. The number of methoxy groups -OCH3 is 1. The zero-order valence-electron chi connectivity index (χ0n) is 13.7. The largest absolute Gasteiger partial charge is 0.468 e. The summed E-state index contributed by atoms with van der Waals surface area (Å²) in [7, 11) is -2.13. The third kappa shape index (κ3) is 10.7. The van der Waals surface area contributed by atoms with E-state index in [4.69, 9.17) is 0 Å². The van der Waals surface area contributed by atoms with Crippen molar-refractivity contribution in [3.8, 4) is 0 Å². The van der Waals surface area contributed by atoms with Crippen molar-refractivity contribution in [2.24, 2.45) is 0 Å². The SMILES string of the molecule is CCCCCCCCS(=O)(=O)NC(CCCC)C(=O)OC. The van der Waals surface area contributed by atoms with Gasteiger partial charge in [-0.1, -0.05) is 58.8 Å². The second-order valence-corrected chi connectivity index (χ2v) is 7.30. The number of carbonyl (C=O) groups excluding carboxylic acids is 1. The molecule has 1 unspecified atom stereocenters. The zero-order valence-corrected chi connectivity index (χ0v) is 14.5. The monoisotopic (exact) mass is 321 g/mol. The van der Waals surface area contributed by atoms with Gasteiger partial charge >= 0.3 is 5.97 Å². The van der Waals surface area contributed by atoms with Gasteiger partial charge in [-0.15, -0.1) is 0 Å². The molecule has 0 saturated heterocycles. The van der Waals surface area contributed by atoms with Gasteiger partial charge in [0.1, 0.15) is 6.04 Å². The van der Waals surface area contributed by atoms with Gasteiger partial charge in [0.05, 0.1) is 12.9 Å². The summed E-state index contributed by atoms with van der Waals surface area (Å²) < 4.78 is 31.1. The van der Waals surface area contributed by atoms with Crippen molar-refractivity contribution in [2.75, 3.05) is 12.9 Å². The van der Waals surface area contributed by atoms with E-state index in [2.05, 4.69) is 16.4 Å². The number of rotatable bonds is 13. The minimum absolute atomic E-state index is 0.0821. The number of carbonyl (C=O) groups is 1.